The summed E-state index contributed by atoms with van der Waals surface area (Å²) in [6.45, 7) is 1.35. The Balaban J connectivity index is 2.19. The smallest absolute Gasteiger partial charge is 0.328 e. The van der Waals surface area contributed by atoms with E-state index in [1.165, 1.54) is 6.92 Å². The minimum atomic E-state index is -1.36. The quantitative estimate of drug-likeness (QED) is 0.753. The third kappa shape index (κ3) is 3.62. The van der Waals surface area contributed by atoms with Gasteiger partial charge in [-0.15, -0.1) is 0 Å². The first kappa shape index (κ1) is 15.5. The van der Waals surface area contributed by atoms with Gasteiger partial charge in [-0.25, -0.2) is 4.79 Å². The number of ether oxygens (including phenoxy) is 1. The van der Waals surface area contributed by atoms with Crippen molar-refractivity contribution in [2.45, 2.75) is 19.1 Å². The van der Waals surface area contributed by atoms with Crippen LogP contribution in [-0.4, -0.2) is 40.8 Å². The number of aliphatic carboxylic acids is 1. The number of carbonyl (C=O) groups excluding carboxylic acids is 1. The number of aliphatic hydroxyl groups excluding tert-OH is 1. The van der Waals surface area contributed by atoms with Crippen molar-refractivity contribution in [2.24, 2.45) is 0 Å². The Kier molecular flexibility index (Phi) is 4.64. The molecule has 0 bridgehead atoms. The van der Waals surface area contributed by atoms with Crippen LogP contribution in [0, 0.1) is 0 Å². The second-order valence-corrected chi connectivity index (χ2v) is 5.59. The minimum Gasteiger partial charge on any atom is -0.488 e. The van der Waals surface area contributed by atoms with E-state index in [1.807, 2.05) is 6.07 Å². The third-order valence-corrected chi connectivity index (χ3v) is 3.50. The zero-order valence-electron chi connectivity index (χ0n) is 11.2. The van der Waals surface area contributed by atoms with Gasteiger partial charge in [0, 0.05) is 10.0 Å². The largest absolute Gasteiger partial charge is 0.488 e. The lowest BCUT2D eigenvalue weighted by Gasteiger charge is -2.21. The van der Waals surface area contributed by atoms with Gasteiger partial charge in [-0.2, -0.15) is 0 Å². The first-order valence-electron chi connectivity index (χ1n) is 6.23. The van der Waals surface area contributed by atoms with E-state index in [1.54, 1.807) is 18.2 Å². The van der Waals surface area contributed by atoms with Gasteiger partial charge in [-0.1, -0.05) is 15.9 Å². The van der Waals surface area contributed by atoms with E-state index in [0.29, 0.717) is 11.3 Å². The molecule has 1 aliphatic rings. The van der Waals surface area contributed by atoms with Crippen molar-refractivity contribution < 1.29 is 24.5 Å². The number of fused-ring (bicyclic) bond motifs is 1. The van der Waals surface area contributed by atoms with Crippen molar-refractivity contribution in [2.75, 3.05) is 6.61 Å². The van der Waals surface area contributed by atoms with Crippen LogP contribution in [0.15, 0.2) is 28.2 Å². The maximum atomic E-state index is 12.1. The van der Waals surface area contributed by atoms with E-state index in [2.05, 4.69) is 21.2 Å². The van der Waals surface area contributed by atoms with Crippen LogP contribution in [0.5, 0.6) is 5.75 Å². The number of carboxylic acid groups (broad SMARTS) is 1. The number of hydrogen-bond donors (Lipinski definition) is 3. The summed E-state index contributed by atoms with van der Waals surface area (Å²) < 4.78 is 6.30. The summed E-state index contributed by atoms with van der Waals surface area (Å²) in [5, 5.41) is 20.6. The number of hydrogen-bond acceptors (Lipinski definition) is 4. The first-order valence-corrected chi connectivity index (χ1v) is 7.02. The highest BCUT2D eigenvalue weighted by Gasteiger charge is 2.27. The van der Waals surface area contributed by atoms with Crippen molar-refractivity contribution in [1.82, 2.24) is 5.32 Å². The number of nitrogens with one attached hydrogen (secondary N) is 1. The van der Waals surface area contributed by atoms with Gasteiger partial charge < -0.3 is 20.3 Å². The number of carbonyl (C=O) groups is 2. The van der Waals surface area contributed by atoms with Gasteiger partial charge >= 0.3 is 5.97 Å². The van der Waals surface area contributed by atoms with Gasteiger partial charge in [0.2, 0.25) is 0 Å². The Morgan fingerprint density at radius 3 is 2.76 bits per heavy atom. The maximum absolute atomic E-state index is 12.1. The Morgan fingerprint density at radius 1 is 1.43 bits per heavy atom. The van der Waals surface area contributed by atoms with Crippen molar-refractivity contribution in [3.05, 3.63) is 33.8 Å². The van der Waals surface area contributed by atoms with Crippen molar-refractivity contribution in [3.63, 3.8) is 0 Å². The number of carboxylic acids is 1. The average Bonchev–Trinajstić information content (AvgIpc) is 2.42. The van der Waals surface area contributed by atoms with Crippen molar-refractivity contribution >= 4 is 33.9 Å². The summed E-state index contributed by atoms with van der Waals surface area (Å²) in [4.78, 5) is 23.0. The van der Waals surface area contributed by atoms with Crippen LogP contribution < -0.4 is 10.1 Å². The molecule has 1 amide bonds. The van der Waals surface area contributed by atoms with Crippen LogP contribution in [0.3, 0.4) is 0 Å². The number of amides is 1. The minimum absolute atomic E-state index is 0.0482. The summed E-state index contributed by atoms with van der Waals surface area (Å²) in [5.41, 5.74) is 1.03. The predicted octanol–water partition coefficient (Wildman–Crippen LogP) is 1.18. The van der Waals surface area contributed by atoms with Crippen LogP contribution in [0.4, 0.5) is 0 Å². The van der Waals surface area contributed by atoms with Gasteiger partial charge in [0.1, 0.15) is 12.4 Å². The molecule has 0 radical (unpaired) electrons. The van der Waals surface area contributed by atoms with Crippen molar-refractivity contribution in [1.29, 1.82) is 0 Å². The summed E-state index contributed by atoms with van der Waals surface area (Å²) in [7, 11) is 0. The molecule has 1 aromatic rings. The number of halogens is 1. The second-order valence-electron chi connectivity index (χ2n) is 4.67. The SMILES string of the molecule is C[C@@H](O)[C@H](NC(=O)C1=Cc2cc(Br)ccc2OC1)C(=O)O. The molecule has 6 nitrogen and oxygen atoms in total. The Hall–Kier alpha value is -1.86. The van der Waals surface area contributed by atoms with Crippen molar-refractivity contribution in [3.8, 4) is 5.75 Å². The highest BCUT2D eigenvalue weighted by atomic mass is 79.9. The van der Waals surface area contributed by atoms with E-state index in [9.17, 15) is 14.7 Å². The molecule has 0 aromatic heterocycles. The van der Waals surface area contributed by atoms with E-state index in [0.717, 1.165) is 10.0 Å². The van der Waals surface area contributed by atoms with Gasteiger partial charge in [0.25, 0.3) is 5.91 Å². The Labute approximate surface area is 129 Å². The molecular weight excluding hydrogens is 342 g/mol. The molecule has 0 saturated carbocycles. The zero-order valence-corrected chi connectivity index (χ0v) is 12.8. The number of rotatable bonds is 4. The monoisotopic (exact) mass is 355 g/mol. The molecule has 21 heavy (non-hydrogen) atoms. The number of aliphatic hydroxyl groups is 1. The molecule has 0 unspecified atom stereocenters. The topological polar surface area (TPSA) is 95.9 Å². The fraction of sp³-hybridized carbons (Fsp3) is 0.286. The maximum Gasteiger partial charge on any atom is 0.328 e. The van der Waals surface area contributed by atoms with Gasteiger partial charge in [0.05, 0.1) is 11.7 Å². The molecule has 0 spiro atoms. The molecule has 0 aliphatic carbocycles. The van der Waals surface area contributed by atoms with E-state index >= 15 is 0 Å². The predicted molar refractivity (Wildman–Crippen MR) is 78.9 cm³/mol. The van der Waals surface area contributed by atoms with E-state index in [4.69, 9.17) is 9.84 Å². The second kappa shape index (κ2) is 6.28. The third-order valence-electron chi connectivity index (χ3n) is 3.01. The van der Waals surface area contributed by atoms with Gasteiger partial charge in [-0.05, 0) is 31.2 Å². The summed E-state index contributed by atoms with van der Waals surface area (Å²) in [5.74, 6) is -1.21. The van der Waals surface area contributed by atoms with Crippen LogP contribution in [-0.2, 0) is 9.59 Å². The fourth-order valence-electron chi connectivity index (χ4n) is 1.90. The lowest BCUT2D eigenvalue weighted by atomic mass is 10.1. The fourth-order valence-corrected chi connectivity index (χ4v) is 2.28. The molecule has 112 valence electrons. The molecule has 0 saturated heterocycles. The lowest BCUT2D eigenvalue weighted by Crippen LogP contribution is -2.48. The van der Waals surface area contributed by atoms with E-state index in [-0.39, 0.29) is 6.61 Å². The normalized spacial score (nSPS) is 16.0. The number of benzene rings is 1. The molecule has 3 N–H and O–H groups in total. The van der Waals surface area contributed by atoms with Gasteiger partial charge in [-0.3, -0.25) is 4.79 Å². The summed E-state index contributed by atoms with van der Waals surface area (Å²) >= 11 is 3.33. The molecule has 1 aliphatic heterocycles. The highest BCUT2D eigenvalue weighted by Crippen LogP contribution is 2.29. The van der Waals surface area contributed by atoms with Crippen LogP contribution >= 0.6 is 15.9 Å². The first-order chi connectivity index (χ1) is 9.88. The van der Waals surface area contributed by atoms with E-state index < -0.39 is 24.0 Å². The average molecular weight is 356 g/mol. The molecule has 1 heterocycles. The Bertz CT molecular complexity index is 611. The standard InChI is InChI=1S/C14H14BrNO5/c1-7(17)12(14(19)20)16-13(18)9-4-8-5-10(15)2-3-11(8)21-6-9/h2-5,7,12,17H,6H2,1H3,(H,16,18)(H,19,20)/t7-,12+/m1/s1. The summed E-state index contributed by atoms with van der Waals surface area (Å²) in [6.07, 6.45) is 0.442. The Morgan fingerprint density at radius 2 is 2.14 bits per heavy atom. The van der Waals surface area contributed by atoms with Crippen LogP contribution in [0.1, 0.15) is 12.5 Å². The van der Waals surface area contributed by atoms with Crippen LogP contribution in [0.2, 0.25) is 0 Å². The molecule has 2 atom stereocenters. The lowest BCUT2D eigenvalue weighted by molar-refractivity contribution is -0.144. The molecule has 7 heteroatoms. The van der Waals surface area contributed by atoms with Crippen LogP contribution in [0.25, 0.3) is 6.08 Å². The highest BCUT2D eigenvalue weighted by molar-refractivity contribution is 9.10. The molecule has 1 aromatic carbocycles. The van der Waals surface area contributed by atoms with Gasteiger partial charge in [0.15, 0.2) is 6.04 Å². The molecular formula is C14H14BrNO5. The molecule has 2 rings (SSSR count). The molecule has 0 fully saturated rings. The zero-order chi connectivity index (χ0) is 15.6. The summed E-state index contributed by atoms with van der Waals surface area (Å²) in [6, 6.07) is 4.04.